The Bertz CT molecular complexity index is 255. The molecule has 0 aromatic heterocycles. The maximum absolute atomic E-state index is 8.59. The van der Waals surface area contributed by atoms with Crippen LogP contribution < -0.4 is 0 Å². The van der Waals surface area contributed by atoms with Gasteiger partial charge in [0, 0.05) is 0 Å². The van der Waals surface area contributed by atoms with E-state index >= 15 is 0 Å². The summed E-state index contributed by atoms with van der Waals surface area (Å²) in [6.45, 7) is 2.43. The van der Waals surface area contributed by atoms with E-state index in [1.165, 1.54) is 103 Å². The van der Waals surface area contributed by atoms with Gasteiger partial charge >= 0.3 is 0 Å². The number of rotatable bonds is 18. The molecule has 0 aromatic rings. The van der Waals surface area contributed by atoms with Gasteiger partial charge in [0.2, 0.25) is 0 Å². The van der Waals surface area contributed by atoms with E-state index in [0.29, 0.717) is 0 Å². The lowest BCUT2D eigenvalue weighted by Crippen LogP contribution is -1.83. The van der Waals surface area contributed by atoms with E-state index in [1.807, 2.05) is 12.2 Å². The first-order valence-electron chi connectivity index (χ1n) is 10.3. The van der Waals surface area contributed by atoms with Crippen LogP contribution in [0.15, 0.2) is 24.3 Å². The zero-order chi connectivity index (χ0) is 16.8. The van der Waals surface area contributed by atoms with Crippen molar-refractivity contribution >= 4 is 0 Å². The molecule has 0 aliphatic carbocycles. The SMILES string of the molecule is CCCCCCCCCCCCCCCCC/C=C/C=C/CO. The Kier molecular flexibility index (Phi) is 20.9. The average molecular weight is 323 g/mol. The molecule has 0 bridgehead atoms. The highest BCUT2D eigenvalue weighted by Gasteiger charge is 1.93. The van der Waals surface area contributed by atoms with E-state index in [9.17, 15) is 0 Å². The van der Waals surface area contributed by atoms with Crippen molar-refractivity contribution in [1.29, 1.82) is 0 Å². The summed E-state index contributed by atoms with van der Waals surface area (Å²) >= 11 is 0. The van der Waals surface area contributed by atoms with E-state index in [1.54, 1.807) is 6.08 Å². The predicted octanol–water partition coefficient (Wildman–Crippen LogP) is 7.35. The van der Waals surface area contributed by atoms with E-state index in [2.05, 4.69) is 13.0 Å². The molecule has 1 heteroatoms. The van der Waals surface area contributed by atoms with Gasteiger partial charge in [-0.3, -0.25) is 0 Å². The summed E-state index contributed by atoms with van der Waals surface area (Å²) in [6.07, 6.45) is 30.5. The van der Waals surface area contributed by atoms with Crippen molar-refractivity contribution in [2.45, 2.75) is 110 Å². The monoisotopic (exact) mass is 322 g/mol. The van der Waals surface area contributed by atoms with Crippen molar-refractivity contribution in [3.8, 4) is 0 Å². The Labute approximate surface area is 146 Å². The molecule has 0 saturated carbocycles. The van der Waals surface area contributed by atoms with Gasteiger partial charge in [0.25, 0.3) is 0 Å². The number of allylic oxidation sites excluding steroid dienone is 3. The van der Waals surface area contributed by atoms with Crippen molar-refractivity contribution in [3.63, 3.8) is 0 Å². The van der Waals surface area contributed by atoms with Gasteiger partial charge in [-0.2, -0.15) is 0 Å². The van der Waals surface area contributed by atoms with Gasteiger partial charge in [-0.15, -0.1) is 0 Å². The summed E-state index contributed by atoms with van der Waals surface area (Å²) in [5.74, 6) is 0. The van der Waals surface area contributed by atoms with Gasteiger partial charge in [-0.1, -0.05) is 121 Å². The summed E-state index contributed by atoms with van der Waals surface area (Å²) in [4.78, 5) is 0. The number of unbranched alkanes of at least 4 members (excludes halogenated alkanes) is 15. The third-order valence-corrected chi connectivity index (χ3v) is 4.46. The first-order chi connectivity index (χ1) is 11.4. The Morgan fingerprint density at radius 1 is 0.522 bits per heavy atom. The molecule has 0 unspecified atom stereocenters. The van der Waals surface area contributed by atoms with E-state index < -0.39 is 0 Å². The lowest BCUT2D eigenvalue weighted by Gasteiger charge is -2.03. The molecule has 0 aliphatic heterocycles. The second kappa shape index (κ2) is 21.4. The van der Waals surface area contributed by atoms with Crippen LogP contribution in [0, 0.1) is 0 Å². The highest BCUT2D eigenvalue weighted by atomic mass is 16.2. The largest absolute Gasteiger partial charge is 0.392 e. The van der Waals surface area contributed by atoms with Crippen molar-refractivity contribution in [1.82, 2.24) is 0 Å². The summed E-state index contributed by atoms with van der Waals surface area (Å²) in [6, 6.07) is 0. The first-order valence-corrected chi connectivity index (χ1v) is 10.3. The Morgan fingerprint density at radius 2 is 0.913 bits per heavy atom. The molecule has 0 amide bonds. The van der Waals surface area contributed by atoms with Crippen LogP contribution in [-0.4, -0.2) is 11.7 Å². The fourth-order valence-corrected chi connectivity index (χ4v) is 2.95. The average Bonchev–Trinajstić information content (AvgIpc) is 2.57. The molecule has 0 spiro atoms. The fourth-order valence-electron chi connectivity index (χ4n) is 2.95. The van der Waals surface area contributed by atoms with Gasteiger partial charge in [0.05, 0.1) is 6.61 Å². The highest BCUT2D eigenvalue weighted by molar-refractivity contribution is 5.02. The predicted molar refractivity (Wildman–Crippen MR) is 105 cm³/mol. The van der Waals surface area contributed by atoms with Crippen molar-refractivity contribution in [3.05, 3.63) is 24.3 Å². The maximum atomic E-state index is 8.59. The third-order valence-electron chi connectivity index (χ3n) is 4.46. The number of hydrogen-bond acceptors (Lipinski definition) is 1. The molecule has 136 valence electrons. The summed E-state index contributed by atoms with van der Waals surface area (Å²) in [5.41, 5.74) is 0. The number of hydrogen-bond donors (Lipinski definition) is 1. The topological polar surface area (TPSA) is 20.2 Å². The minimum absolute atomic E-state index is 0.142. The van der Waals surface area contributed by atoms with Crippen molar-refractivity contribution < 1.29 is 5.11 Å². The van der Waals surface area contributed by atoms with Gasteiger partial charge in [0.1, 0.15) is 0 Å². The van der Waals surface area contributed by atoms with Gasteiger partial charge in [-0.05, 0) is 12.8 Å². The minimum atomic E-state index is 0.142. The van der Waals surface area contributed by atoms with Crippen LogP contribution in [0.1, 0.15) is 110 Å². The van der Waals surface area contributed by atoms with Gasteiger partial charge in [-0.25, -0.2) is 0 Å². The molecular weight excluding hydrogens is 280 g/mol. The fraction of sp³-hybridized carbons (Fsp3) is 0.818. The molecule has 1 nitrogen and oxygen atoms in total. The van der Waals surface area contributed by atoms with Crippen LogP contribution in [0.5, 0.6) is 0 Å². The molecule has 0 heterocycles. The summed E-state index contributed by atoms with van der Waals surface area (Å²) < 4.78 is 0. The standard InChI is InChI=1S/C22H42O/c1-2-3-4-5-6-7-8-9-10-11-12-13-14-15-16-17-18-19-20-21-22-23/h18-21,23H,2-17,22H2,1H3/b19-18+,21-20+. The molecule has 0 rings (SSSR count). The molecule has 0 fully saturated rings. The molecule has 1 N–H and O–H groups in total. The molecule has 23 heavy (non-hydrogen) atoms. The second-order valence-corrected chi connectivity index (χ2v) is 6.78. The molecule has 0 aromatic carbocycles. The highest BCUT2D eigenvalue weighted by Crippen LogP contribution is 2.13. The Balaban J connectivity index is 3.02. The van der Waals surface area contributed by atoms with E-state index in [-0.39, 0.29) is 6.61 Å². The molecule has 0 aliphatic rings. The Morgan fingerprint density at radius 3 is 1.35 bits per heavy atom. The van der Waals surface area contributed by atoms with Crippen LogP contribution in [0.4, 0.5) is 0 Å². The van der Waals surface area contributed by atoms with E-state index in [4.69, 9.17) is 5.11 Å². The van der Waals surface area contributed by atoms with Crippen LogP contribution in [0.25, 0.3) is 0 Å². The van der Waals surface area contributed by atoms with Gasteiger partial charge < -0.3 is 5.11 Å². The van der Waals surface area contributed by atoms with E-state index in [0.717, 1.165) is 0 Å². The minimum Gasteiger partial charge on any atom is -0.392 e. The van der Waals surface area contributed by atoms with Crippen LogP contribution in [0.3, 0.4) is 0 Å². The quantitative estimate of drug-likeness (QED) is 0.206. The summed E-state index contributed by atoms with van der Waals surface area (Å²) in [5, 5.41) is 8.59. The molecule has 0 saturated heterocycles. The van der Waals surface area contributed by atoms with Crippen molar-refractivity contribution in [2.75, 3.05) is 6.61 Å². The first kappa shape index (κ1) is 22.4. The number of aliphatic hydroxyl groups excluding tert-OH is 1. The zero-order valence-corrected chi connectivity index (χ0v) is 15.8. The van der Waals surface area contributed by atoms with Crippen LogP contribution in [0.2, 0.25) is 0 Å². The lowest BCUT2D eigenvalue weighted by atomic mass is 10.0. The smallest absolute Gasteiger partial charge is 0.0615 e. The normalized spacial score (nSPS) is 11.9. The molecular formula is C22H42O. The third kappa shape index (κ3) is 21.4. The van der Waals surface area contributed by atoms with Gasteiger partial charge in [0.15, 0.2) is 0 Å². The summed E-state index contributed by atoms with van der Waals surface area (Å²) in [7, 11) is 0. The lowest BCUT2D eigenvalue weighted by molar-refractivity contribution is 0.343. The molecule has 0 atom stereocenters. The van der Waals surface area contributed by atoms with Crippen LogP contribution >= 0.6 is 0 Å². The van der Waals surface area contributed by atoms with Crippen molar-refractivity contribution in [2.24, 2.45) is 0 Å². The van der Waals surface area contributed by atoms with Crippen LogP contribution in [-0.2, 0) is 0 Å². The molecule has 0 radical (unpaired) electrons. The maximum Gasteiger partial charge on any atom is 0.0615 e. The zero-order valence-electron chi connectivity index (χ0n) is 15.8. The Hall–Kier alpha value is -0.560. The number of aliphatic hydroxyl groups is 1. The second-order valence-electron chi connectivity index (χ2n) is 6.78.